The van der Waals surface area contributed by atoms with E-state index >= 15 is 0 Å². The van der Waals surface area contributed by atoms with E-state index < -0.39 is 0 Å². The standard InChI is InChI=1S/C16H19NO3/c18-16(17-9-3-4-10-17)8-7-13-5-1-2-6-15(13)20-12-14-11-19-14/h1-2,5-8,14H,3-4,9-12H2/b8-7+. The molecule has 1 aromatic rings. The number of carbonyl (C=O) groups is 1. The molecule has 2 fully saturated rings. The quantitative estimate of drug-likeness (QED) is 0.609. The van der Waals surface area contributed by atoms with Crippen molar-refractivity contribution in [2.24, 2.45) is 0 Å². The summed E-state index contributed by atoms with van der Waals surface area (Å²) >= 11 is 0. The molecular formula is C16H19NO3. The third kappa shape index (κ3) is 3.39. The second kappa shape index (κ2) is 6.09. The number of hydrogen-bond donors (Lipinski definition) is 0. The van der Waals surface area contributed by atoms with Crippen molar-refractivity contribution in [1.82, 2.24) is 4.90 Å². The Balaban J connectivity index is 1.64. The average molecular weight is 273 g/mol. The van der Waals surface area contributed by atoms with E-state index in [-0.39, 0.29) is 12.0 Å². The lowest BCUT2D eigenvalue weighted by Crippen LogP contribution is -2.25. The molecular weight excluding hydrogens is 254 g/mol. The fraction of sp³-hybridized carbons (Fsp3) is 0.438. The van der Waals surface area contributed by atoms with E-state index in [1.165, 1.54) is 0 Å². The Hall–Kier alpha value is -1.81. The zero-order valence-electron chi connectivity index (χ0n) is 11.5. The van der Waals surface area contributed by atoms with Gasteiger partial charge in [0.1, 0.15) is 18.5 Å². The summed E-state index contributed by atoms with van der Waals surface area (Å²) in [4.78, 5) is 13.9. The van der Waals surface area contributed by atoms with Crippen LogP contribution in [0.15, 0.2) is 30.3 Å². The van der Waals surface area contributed by atoms with Gasteiger partial charge < -0.3 is 14.4 Å². The number of likely N-dealkylation sites (tertiary alicyclic amines) is 1. The van der Waals surface area contributed by atoms with Gasteiger partial charge in [-0.25, -0.2) is 0 Å². The number of ether oxygens (including phenoxy) is 2. The molecule has 2 heterocycles. The van der Waals surface area contributed by atoms with E-state index in [4.69, 9.17) is 9.47 Å². The van der Waals surface area contributed by atoms with Crippen molar-refractivity contribution in [1.29, 1.82) is 0 Å². The molecule has 20 heavy (non-hydrogen) atoms. The molecule has 2 aliphatic heterocycles. The SMILES string of the molecule is O=C(/C=C/c1ccccc1OCC1CO1)N1CCCC1. The zero-order valence-corrected chi connectivity index (χ0v) is 11.5. The molecule has 0 radical (unpaired) electrons. The van der Waals surface area contributed by atoms with Crippen LogP contribution in [0.25, 0.3) is 6.08 Å². The first-order valence-corrected chi connectivity index (χ1v) is 7.13. The van der Waals surface area contributed by atoms with E-state index in [1.807, 2.05) is 35.2 Å². The van der Waals surface area contributed by atoms with Crippen LogP contribution in [0.5, 0.6) is 5.75 Å². The fourth-order valence-electron chi connectivity index (χ4n) is 2.30. The van der Waals surface area contributed by atoms with E-state index in [0.29, 0.717) is 6.61 Å². The van der Waals surface area contributed by atoms with Crippen molar-refractivity contribution in [2.45, 2.75) is 18.9 Å². The van der Waals surface area contributed by atoms with E-state index in [2.05, 4.69) is 0 Å². The molecule has 0 aliphatic carbocycles. The van der Waals surface area contributed by atoms with Crippen LogP contribution in [0.4, 0.5) is 0 Å². The normalized spacial score (nSPS) is 21.4. The number of hydrogen-bond acceptors (Lipinski definition) is 3. The molecule has 2 aliphatic rings. The second-order valence-electron chi connectivity index (χ2n) is 5.17. The summed E-state index contributed by atoms with van der Waals surface area (Å²) < 4.78 is 10.8. The van der Waals surface area contributed by atoms with Crippen molar-refractivity contribution in [3.63, 3.8) is 0 Å². The minimum atomic E-state index is 0.0860. The summed E-state index contributed by atoms with van der Waals surface area (Å²) in [6.07, 6.45) is 5.94. The van der Waals surface area contributed by atoms with E-state index in [9.17, 15) is 4.79 Å². The molecule has 1 aromatic carbocycles. The highest BCUT2D eigenvalue weighted by atomic mass is 16.6. The van der Waals surface area contributed by atoms with Gasteiger partial charge in [-0.05, 0) is 25.0 Å². The number of benzene rings is 1. The van der Waals surface area contributed by atoms with Crippen molar-refractivity contribution >= 4 is 12.0 Å². The maximum absolute atomic E-state index is 12.0. The smallest absolute Gasteiger partial charge is 0.246 e. The Morgan fingerprint density at radius 1 is 1.35 bits per heavy atom. The highest BCUT2D eigenvalue weighted by Crippen LogP contribution is 2.21. The van der Waals surface area contributed by atoms with Gasteiger partial charge in [0.05, 0.1) is 6.61 Å². The van der Waals surface area contributed by atoms with Crippen molar-refractivity contribution in [2.75, 3.05) is 26.3 Å². The number of carbonyl (C=O) groups excluding carboxylic acids is 1. The molecule has 4 nitrogen and oxygen atoms in total. The number of rotatable bonds is 5. The van der Waals surface area contributed by atoms with Gasteiger partial charge in [-0.15, -0.1) is 0 Å². The van der Waals surface area contributed by atoms with Crippen molar-refractivity contribution in [3.8, 4) is 5.75 Å². The monoisotopic (exact) mass is 273 g/mol. The molecule has 0 saturated carbocycles. The van der Waals surface area contributed by atoms with Gasteiger partial charge in [-0.3, -0.25) is 4.79 Å². The van der Waals surface area contributed by atoms with Gasteiger partial charge in [-0.2, -0.15) is 0 Å². The molecule has 0 N–H and O–H groups in total. The average Bonchev–Trinajstić information content (AvgIpc) is 3.14. The topological polar surface area (TPSA) is 42.1 Å². The molecule has 1 amide bonds. The van der Waals surface area contributed by atoms with Gasteiger partial charge in [0, 0.05) is 24.7 Å². The van der Waals surface area contributed by atoms with E-state index in [1.54, 1.807) is 6.08 Å². The molecule has 4 heteroatoms. The first kappa shape index (κ1) is 13.2. The molecule has 2 saturated heterocycles. The number of epoxide rings is 1. The molecule has 0 bridgehead atoms. The minimum Gasteiger partial charge on any atom is -0.490 e. The van der Waals surface area contributed by atoms with Gasteiger partial charge in [0.2, 0.25) is 5.91 Å². The lowest BCUT2D eigenvalue weighted by molar-refractivity contribution is -0.124. The van der Waals surface area contributed by atoms with Crippen LogP contribution in [-0.2, 0) is 9.53 Å². The summed E-state index contributed by atoms with van der Waals surface area (Å²) in [5, 5.41) is 0. The second-order valence-corrected chi connectivity index (χ2v) is 5.17. The first-order valence-electron chi connectivity index (χ1n) is 7.13. The third-order valence-corrected chi connectivity index (χ3v) is 3.57. The van der Waals surface area contributed by atoms with Crippen LogP contribution >= 0.6 is 0 Å². The first-order chi connectivity index (χ1) is 9.83. The minimum absolute atomic E-state index is 0.0860. The third-order valence-electron chi connectivity index (χ3n) is 3.57. The summed E-state index contributed by atoms with van der Waals surface area (Å²) in [6.45, 7) is 3.11. The van der Waals surface area contributed by atoms with Crippen LogP contribution in [0.2, 0.25) is 0 Å². The van der Waals surface area contributed by atoms with Crippen LogP contribution in [-0.4, -0.2) is 43.2 Å². The van der Waals surface area contributed by atoms with Gasteiger partial charge in [0.25, 0.3) is 0 Å². The Morgan fingerprint density at radius 3 is 2.85 bits per heavy atom. The Labute approximate surface area is 119 Å². The van der Waals surface area contributed by atoms with Crippen LogP contribution in [0.3, 0.4) is 0 Å². The van der Waals surface area contributed by atoms with Gasteiger partial charge in [0.15, 0.2) is 0 Å². The van der Waals surface area contributed by atoms with Crippen LogP contribution in [0.1, 0.15) is 18.4 Å². The summed E-state index contributed by atoms with van der Waals surface area (Å²) in [5.74, 6) is 0.885. The molecule has 1 atom stereocenters. The predicted octanol–water partition coefficient (Wildman–Crippen LogP) is 2.10. The van der Waals surface area contributed by atoms with Crippen LogP contribution in [0, 0.1) is 0 Å². The largest absolute Gasteiger partial charge is 0.490 e. The predicted molar refractivity (Wildman–Crippen MR) is 76.5 cm³/mol. The Morgan fingerprint density at radius 2 is 2.10 bits per heavy atom. The molecule has 0 aromatic heterocycles. The molecule has 3 rings (SSSR count). The van der Waals surface area contributed by atoms with Gasteiger partial charge >= 0.3 is 0 Å². The maximum Gasteiger partial charge on any atom is 0.246 e. The number of nitrogens with zero attached hydrogens (tertiary/aromatic N) is 1. The summed E-state index contributed by atoms with van der Waals surface area (Å²) in [6, 6.07) is 7.75. The van der Waals surface area contributed by atoms with Gasteiger partial charge in [-0.1, -0.05) is 18.2 Å². The Kier molecular flexibility index (Phi) is 4.02. The molecule has 106 valence electrons. The Bertz CT molecular complexity index is 502. The highest BCUT2D eigenvalue weighted by molar-refractivity contribution is 5.92. The van der Waals surface area contributed by atoms with Crippen LogP contribution < -0.4 is 4.74 Å². The highest BCUT2D eigenvalue weighted by Gasteiger charge is 2.23. The summed E-state index contributed by atoms with van der Waals surface area (Å²) in [5.41, 5.74) is 0.931. The molecule has 1 unspecified atom stereocenters. The number of para-hydroxylation sites is 1. The van der Waals surface area contributed by atoms with Crippen molar-refractivity contribution < 1.29 is 14.3 Å². The zero-order chi connectivity index (χ0) is 13.8. The lowest BCUT2D eigenvalue weighted by atomic mass is 10.2. The maximum atomic E-state index is 12.0. The number of amides is 1. The molecule has 0 spiro atoms. The lowest BCUT2D eigenvalue weighted by Gasteiger charge is -2.12. The fourth-order valence-corrected chi connectivity index (χ4v) is 2.30. The summed E-state index contributed by atoms with van der Waals surface area (Å²) in [7, 11) is 0. The van der Waals surface area contributed by atoms with E-state index in [0.717, 1.165) is 43.9 Å². The van der Waals surface area contributed by atoms with Crippen molar-refractivity contribution in [3.05, 3.63) is 35.9 Å².